The fourth-order valence-corrected chi connectivity index (χ4v) is 3.58. The Morgan fingerprint density at radius 2 is 1.69 bits per heavy atom. The first kappa shape index (κ1) is 20.7. The van der Waals surface area contributed by atoms with Gasteiger partial charge in [0.15, 0.2) is 11.5 Å². The first-order chi connectivity index (χ1) is 14.1. The number of hydrogen-bond donors (Lipinski definition) is 1. The van der Waals surface area contributed by atoms with Crippen molar-refractivity contribution in [2.24, 2.45) is 0 Å². The van der Waals surface area contributed by atoms with Gasteiger partial charge in [0.05, 0.1) is 14.2 Å². The van der Waals surface area contributed by atoms with Gasteiger partial charge < -0.3 is 19.7 Å². The quantitative estimate of drug-likeness (QED) is 0.781. The molecule has 6 heteroatoms. The second-order valence-electron chi connectivity index (χ2n) is 7.18. The van der Waals surface area contributed by atoms with E-state index in [0.29, 0.717) is 43.0 Å². The van der Waals surface area contributed by atoms with Gasteiger partial charge in [-0.15, -0.1) is 0 Å². The number of piperidine rings is 1. The van der Waals surface area contributed by atoms with Crippen molar-refractivity contribution in [3.05, 3.63) is 59.7 Å². The molecule has 0 radical (unpaired) electrons. The lowest BCUT2D eigenvalue weighted by atomic mass is 10.0. The summed E-state index contributed by atoms with van der Waals surface area (Å²) in [7, 11) is 3.21. The van der Waals surface area contributed by atoms with Gasteiger partial charge in [-0.2, -0.15) is 0 Å². The van der Waals surface area contributed by atoms with Crippen LogP contribution in [0.1, 0.15) is 35.2 Å². The largest absolute Gasteiger partial charge is 0.493 e. The third-order valence-corrected chi connectivity index (χ3v) is 5.29. The zero-order chi connectivity index (χ0) is 20.6. The maximum absolute atomic E-state index is 12.6. The minimum atomic E-state index is -0.0520. The molecule has 0 aliphatic carbocycles. The van der Waals surface area contributed by atoms with E-state index in [1.165, 1.54) is 0 Å². The van der Waals surface area contributed by atoms with Crippen LogP contribution in [-0.4, -0.2) is 50.1 Å². The van der Waals surface area contributed by atoms with Crippen LogP contribution >= 0.6 is 0 Å². The van der Waals surface area contributed by atoms with Gasteiger partial charge in [-0.05, 0) is 49.1 Å². The molecule has 1 N–H and O–H groups in total. The summed E-state index contributed by atoms with van der Waals surface area (Å²) in [6.07, 6.45) is 2.67. The second-order valence-corrected chi connectivity index (χ2v) is 7.18. The Morgan fingerprint density at radius 1 is 1.00 bits per heavy atom. The van der Waals surface area contributed by atoms with Gasteiger partial charge in [0.2, 0.25) is 5.91 Å². The third kappa shape index (κ3) is 5.50. The van der Waals surface area contributed by atoms with Gasteiger partial charge in [-0.25, -0.2) is 0 Å². The number of likely N-dealkylation sites (tertiary alicyclic amines) is 1. The van der Waals surface area contributed by atoms with Gasteiger partial charge in [0, 0.05) is 31.1 Å². The Balaban J connectivity index is 1.45. The van der Waals surface area contributed by atoms with E-state index in [1.807, 2.05) is 53.4 Å². The van der Waals surface area contributed by atoms with Gasteiger partial charge in [0.1, 0.15) is 0 Å². The maximum atomic E-state index is 12.6. The van der Waals surface area contributed by atoms with Crippen molar-refractivity contribution < 1.29 is 19.1 Å². The van der Waals surface area contributed by atoms with E-state index in [2.05, 4.69) is 5.32 Å². The molecule has 1 aliphatic heterocycles. The van der Waals surface area contributed by atoms with Crippen molar-refractivity contribution in [2.75, 3.05) is 27.3 Å². The highest BCUT2D eigenvalue weighted by molar-refractivity contribution is 5.94. The van der Waals surface area contributed by atoms with Crippen LogP contribution in [0.25, 0.3) is 0 Å². The van der Waals surface area contributed by atoms with Crippen molar-refractivity contribution in [1.29, 1.82) is 0 Å². The maximum Gasteiger partial charge on any atom is 0.251 e. The topological polar surface area (TPSA) is 67.9 Å². The van der Waals surface area contributed by atoms with E-state index < -0.39 is 0 Å². The highest BCUT2D eigenvalue weighted by Gasteiger charge is 2.24. The fraction of sp³-hybridized carbons (Fsp3) is 0.391. The van der Waals surface area contributed by atoms with E-state index in [1.54, 1.807) is 14.2 Å². The number of methoxy groups -OCH3 is 2. The lowest BCUT2D eigenvalue weighted by Crippen LogP contribution is -2.46. The summed E-state index contributed by atoms with van der Waals surface area (Å²) >= 11 is 0. The molecule has 154 valence electrons. The highest BCUT2D eigenvalue weighted by Crippen LogP contribution is 2.28. The van der Waals surface area contributed by atoms with Crippen LogP contribution in [0, 0.1) is 0 Å². The first-order valence-corrected chi connectivity index (χ1v) is 9.95. The third-order valence-electron chi connectivity index (χ3n) is 5.29. The molecule has 0 unspecified atom stereocenters. The number of nitrogens with one attached hydrogen (secondary N) is 1. The van der Waals surface area contributed by atoms with Crippen molar-refractivity contribution >= 4 is 11.8 Å². The molecule has 0 saturated carbocycles. The number of benzene rings is 2. The van der Waals surface area contributed by atoms with E-state index >= 15 is 0 Å². The summed E-state index contributed by atoms with van der Waals surface area (Å²) in [5.41, 5.74) is 1.71. The number of amides is 2. The zero-order valence-corrected chi connectivity index (χ0v) is 17.0. The van der Waals surface area contributed by atoms with E-state index in [0.717, 1.165) is 18.4 Å². The SMILES string of the molecule is COc1ccc(CCC(=O)N2CCC(NC(=O)c3ccccc3)CC2)cc1OC. The zero-order valence-electron chi connectivity index (χ0n) is 17.0. The van der Waals surface area contributed by atoms with Crippen molar-refractivity contribution in [1.82, 2.24) is 10.2 Å². The van der Waals surface area contributed by atoms with Crippen LogP contribution in [0.3, 0.4) is 0 Å². The van der Waals surface area contributed by atoms with Gasteiger partial charge in [-0.3, -0.25) is 9.59 Å². The van der Waals surface area contributed by atoms with Crippen LogP contribution in [0.5, 0.6) is 11.5 Å². The molecule has 2 aromatic rings. The highest BCUT2D eigenvalue weighted by atomic mass is 16.5. The minimum Gasteiger partial charge on any atom is -0.493 e. The lowest BCUT2D eigenvalue weighted by Gasteiger charge is -2.32. The Bertz CT molecular complexity index is 830. The summed E-state index contributed by atoms with van der Waals surface area (Å²) in [6, 6.07) is 15.1. The summed E-state index contributed by atoms with van der Waals surface area (Å²) in [5.74, 6) is 1.45. The first-order valence-electron chi connectivity index (χ1n) is 9.95. The molecule has 0 aromatic heterocycles. The fourth-order valence-electron chi connectivity index (χ4n) is 3.58. The summed E-state index contributed by atoms with van der Waals surface area (Å²) < 4.78 is 10.6. The molecule has 1 aliphatic rings. The molecular weight excluding hydrogens is 368 g/mol. The second kappa shape index (κ2) is 9.96. The number of aryl methyl sites for hydroxylation is 1. The van der Waals surface area contributed by atoms with E-state index in [-0.39, 0.29) is 17.9 Å². The molecule has 1 heterocycles. The smallest absolute Gasteiger partial charge is 0.251 e. The van der Waals surface area contributed by atoms with E-state index in [4.69, 9.17) is 9.47 Å². The molecular formula is C23H28N2O4. The molecule has 0 spiro atoms. The molecule has 2 aromatic carbocycles. The molecule has 1 saturated heterocycles. The molecule has 0 atom stereocenters. The Kier molecular flexibility index (Phi) is 7.11. The number of carbonyl (C=O) groups excluding carboxylic acids is 2. The minimum absolute atomic E-state index is 0.0520. The Morgan fingerprint density at radius 3 is 2.34 bits per heavy atom. The molecule has 6 nitrogen and oxygen atoms in total. The van der Waals surface area contributed by atoms with Crippen LogP contribution < -0.4 is 14.8 Å². The predicted molar refractivity (Wildman–Crippen MR) is 111 cm³/mol. The molecule has 29 heavy (non-hydrogen) atoms. The monoisotopic (exact) mass is 396 g/mol. The summed E-state index contributed by atoms with van der Waals surface area (Å²) in [5, 5.41) is 3.07. The average Bonchev–Trinajstić information content (AvgIpc) is 2.78. The summed E-state index contributed by atoms with van der Waals surface area (Å²) in [4.78, 5) is 26.8. The average molecular weight is 396 g/mol. The number of ether oxygens (including phenoxy) is 2. The Labute approximate surface area is 171 Å². The van der Waals surface area contributed by atoms with Crippen molar-refractivity contribution in [3.8, 4) is 11.5 Å². The standard InChI is InChI=1S/C23H28N2O4/c1-28-20-10-8-17(16-21(20)29-2)9-11-22(26)25-14-12-19(13-15-25)24-23(27)18-6-4-3-5-7-18/h3-8,10,16,19H,9,11-15H2,1-2H3,(H,24,27). The number of carbonyl (C=O) groups is 2. The van der Waals surface area contributed by atoms with Crippen molar-refractivity contribution in [3.63, 3.8) is 0 Å². The molecule has 3 rings (SSSR count). The van der Waals surface area contributed by atoms with Crippen LogP contribution in [-0.2, 0) is 11.2 Å². The van der Waals surface area contributed by atoms with Crippen LogP contribution in [0.15, 0.2) is 48.5 Å². The van der Waals surface area contributed by atoms with Crippen molar-refractivity contribution in [2.45, 2.75) is 31.7 Å². The van der Waals surface area contributed by atoms with Gasteiger partial charge in [0.25, 0.3) is 5.91 Å². The number of nitrogens with zero attached hydrogens (tertiary/aromatic N) is 1. The lowest BCUT2D eigenvalue weighted by molar-refractivity contribution is -0.132. The number of rotatable bonds is 7. The molecule has 0 bridgehead atoms. The van der Waals surface area contributed by atoms with Gasteiger partial charge >= 0.3 is 0 Å². The summed E-state index contributed by atoms with van der Waals surface area (Å²) in [6.45, 7) is 1.34. The molecule has 2 amide bonds. The van der Waals surface area contributed by atoms with Crippen LogP contribution in [0.4, 0.5) is 0 Å². The normalized spacial score (nSPS) is 14.3. The number of hydrogen-bond acceptors (Lipinski definition) is 4. The van der Waals surface area contributed by atoms with Gasteiger partial charge in [-0.1, -0.05) is 24.3 Å². The molecule has 1 fully saturated rings. The Hall–Kier alpha value is -3.02. The van der Waals surface area contributed by atoms with Crippen LogP contribution in [0.2, 0.25) is 0 Å². The van der Waals surface area contributed by atoms with E-state index in [9.17, 15) is 9.59 Å². The predicted octanol–water partition coefficient (Wildman–Crippen LogP) is 3.06.